The lowest BCUT2D eigenvalue weighted by molar-refractivity contribution is -0.462. The summed E-state index contributed by atoms with van der Waals surface area (Å²) in [4.78, 5) is 22.0. The van der Waals surface area contributed by atoms with Crippen LogP contribution in [0.15, 0.2) is 18.2 Å². The smallest absolute Gasteiger partial charge is 0.427 e. The molecule has 0 amide bonds. The average Bonchev–Trinajstić information content (AvgIpc) is 2.71. The Hall–Kier alpha value is -3.03. The SMILES string of the molecule is CC(=O)Oc1ccc(C(F)(F)C(F)(F)C(F)(F)C(F)(F)C(F)(F)C(F)(F)C(F)(F)C(F)(F)F)c(OC(C)=O)c1. The fraction of sp³-hybridized carbons (Fsp3) is 0.556. The van der Waals surface area contributed by atoms with Gasteiger partial charge in [0.05, 0.1) is 5.56 Å². The Morgan fingerprint density at radius 1 is 0.538 bits per heavy atom. The first-order valence-electron chi connectivity index (χ1n) is 9.18. The van der Waals surface area contributed by atoms with E-state index in [2.05, 4.69) is 9.47 Å². The summed E-state index contributed by atoms with van der Waals surface area (Å²) >= 11 is 0. The Morgan fingerprint density at radius 2 is 0.897 bits per heavy atom. The molecule has 0 fully saturated rings. The molecule has 0 spiro atoms. The number of benzene rings is 1. The van der Waals surface area contributed by atoms with Crippen LogP contribution in [0.4, 0.5) is 74.6 Å². The third-order valence-corrected chi connectivity index (χ3v) is 4.53. The summed E-state index contributed by atoms with van der Waals surface area (Å²) < 4.78 is 237. The average molecular weight is 612 g/mol. The van der Waals surface area contributed by atoms with Gasteiger partial charge in [0.1, 0.15) is 11.5 Å². The minimum atomic E-state index is -8.78. The molecule has 39 heavy (non-hydrogen) atoms. The molecule has 0 aliphatic heterocycles. The molecule has 1 aromatic rings. The van der Waals surface area contributed by atoms with Gasteiger partial charge in [-0.2, -0.15) is 74.6 Å². The second-order valence-corrected chi connectivity index (χ2v) is 7.36. The number of esters is 2. The van der Waals surface area contributed by atoms with Gasteiger partial charge < -0.3 is 9.47 Å². The number of ether oxygens (including phenoxy) is 2. The maximum Gasteiger partial charge on any atom is 0.460 e. The van der Waals surface area contributed by atoms with Crippen molar-refractivity contribution in [2.75, 3.05) is 0 Å². The zero-order chi connectivity index (χ0) is 31.4. The molecule has 1 aromatic carbocycles. The van der Waals surface area contributed by atoms with E-state index in [0.717, 1.165) is 0 Å². The van der Waals surface area contributed by atoms with Gasteiger partial charge in [-0.05, 0) is 12.1 Å². The van der Waals surface area contributed by atoms with Crippen LogP contribution in [0.25, 0.3) is 0 Å². The summed E-state index contributed by atoms with van der Waals surface area (Å²) in [7, 11) is 0. The topological polar surface area (TPSA) is 52.6 Å². The summed E-state index contributed by atoms with van der Waals surface area (Å²) in [5, 5.41) is 0. The zero-order valence-electron chi connectivity index (χ0n) is 18.3. The first kappa shape index (κ1) is 34.0. The van der Waals surface area contributed by atoms with Crippen LogP contribution in [-0.4, -0.2) is 53.7 Å². The number of hydrogen-bond donors (Lipinski definition) is 0. The zero-order valence-corrected chi connectivity index (χ0v) is 18.3. The van der Waals surface area contributed by atoms with Crippen LogP contribution < -0.4 is 9.47 Å². The van der Waals surface area contributed by atoms with Crippen LogP contribution in [0, 0.1) is 0 Å². The molecular weight excluding hydrogens is 603 g/mol. The van der Waals surface area contributed by atoms with Crippen molar-refractivity contribution < 1.29 is 93.7 Å². The number of carbonyl (C=O) groups excluding carboxylic acids is 2. The number of alkyl halides is 17. The summed E-state index contributed by atoms with van der Waals surface area (Å²) in [5.41, 5.74) is -2.75. The van der Waals surface area contributed by atoms with Crippen molar-refractivity contribution >= 4 is 11.9 Å². The predicted octanol–water partition coefficient (Wildman–Crippen LogP) is 7.00. The van der Waals surface area contributed by atoms with E-state index in [-0.39, 0.29) is 12.1 Å². The fourth-order valence-electron chi connectivity index (χ4n) is 2.56. The molecule has 224 valence electrons. The number of carbonyl (C=O) groups is 2. The van der Waals surface area contributed by atoms with E-state index in [1.807, 2.05) is 0 Å². The minimum Gasteiger partial charge on any atom is -0.427 e. The highest BCUT2D eigenvalue weighted by Crippen LogP contribution is 2.65. The first-order chi connectivity index (χ1) is 16.9. The van der Waals surface area contributed by atoms with Gasteiger partial charge in [-0.3, -0.25) is 9.59 Å². The predicted molar refractivity (Wildman–Crippen MR) is 88.7 cm³/mol. The van der Waals surface area contributed by atoms with Crippen molar-refractivity contribution in [1.29, 1.82) is 0 Å². The van der Waals surface area contributed by atoms with Crippen molar-refractivity contribution in [3.63, 3.8) is 0 Å². The van der Waals surface area contributed by atoms with E-state index in [9.17, 15) is 84.2 Å². The Labute approximate surface area is 203 Å². The van der Waals surface area contributed by atoms with Gasteiger partial charge in [-0.25, -0.2) is 0 Å². The third kappa shape index (κ3) is 5.03. The molecule has 0 heterocycles. The Morgan fingerprint density at radius 3 is 1.26 bits per heavy atom. The molecular formula is C18H9F17O4. The Kier molecular flexibility index (Phi) is 8.33. The number of rotatable bonds is 9. The molecule has 0 saturated heterocycles. The second kappa shape index (κ2) is 9.56. The standard InChI is InChI=1S/C18H9F17O4/c1-6(36)38-8-3-4-9(10(5-8)39-7(2)37)11(19,20)12(21,22)13(23,24)14(25,26)15(27,28)16(29,30)17(31,32)18(33,34)35/h3-5H,1-2H3. The highest BCUT2D eigenvalue weighted by Gasteiger charge is 2.95. The quantitative estimate of drug-likeness (QED) is 0.171. The molecule has 0 unspecified atom stereocenters. The Balaban J connectivity index is 3.86. The molecule has 0 aliphatic rings. The van der Waals surface area contributed by atoms with Gasteiger partial charge in [0.25, 0.3) is 0 Å². The summed E-state index contributed by atoms with van der Waals surface area (Å²) in [5.74, 6) is -63.9. The fourth-order valence-corrected chi connectivity index (χ4v) is 2.56. The van der Waals surface area contributed by atoms with E-state index < -0.39 is 82.7 Å². The van der Waals surface area contributed by atoms with Crippen molar-refractivity contribution in [2.24, 2.45) is 0 Å². The van der Waals surface area contributed by atoms with Crippen LogP contribution in [0.5, 0.6) is 11.5 Å². The molecule has 0 radical (unpaired) electrons. The van der Waals surface area contributed by atoms with E-state index in [0.29, 0.717) is 13.8 Å². The minimum absolute atomic E-state index is 0.0522. The lowest BCUT2D eigenvalue weighted by Crippen LogP contribution is -2.74. The van der Waals surface area contributed by atoms with Crippen molar-refractivity contribution in [2.45, 2.75) is 61.5 Å². The largest absolute Gasteiger partial charge is 0.460 e. The molecule has 0 aromatic heterocycles. The molecule has 0 N–H and O–H groups in total. The lowest BCUT2D eigenvalue weighted by atomic mass is 9.87. The molecule has 0 atom stereocenters. The van der Waals surface area contributed by atoms with E-state index in [1.54, 1.807) is 0 Å². The molecule has 0 bridgehead atoms. The van der Waals surface area contributed by atoms with Gasteiger partial charge in [0.15, 0.2) is 0 Å². The summed E-state index contributed by atoms with van der Waals surface area (Å²) in [6.07, 6.45) is -7.86. The van der Waals surface area contributed by atoms with E-state index in [4.69, 9.17) is 0 Å². The highest BCUT2D eigenvalue weighted by molar-refractivity contribution is 5.72. The van der Waals surface area contributed by atoms with Gasteiger partial charge in [0.2, 0.25) is 0 Å². The van der Waals surface area contributed by atoms with Crippen LogP contribution in [0.1, 0.15) is 19.4 Å². The normalized spacial score (nSPS) is 14.7. The maximum absolute atomic E-state index is 14.5. The van der Waals surface area contributed by atoms with E-state index in [1.165, 1.54) is 0 Å². The maximum atomic E-state index is 14.5. The number of hydrogen-bond acceptors (Lipinski definition) is 4. The molecule has 1 rings (SSSR count). The molecule has 4 nitrogen and oxygen atoms in total. The molecule has 0 saturated carbocycles. The molecule has 21 heteroatoms. The second-order valence-electron chi connectivity index (χ2n) is 7.36. The van der Waals surface area contributed by atoms with Crippen LogP contribution >= 0.6 is 0 Å². The van der Waals surface area contributed by atoms with Crippen LogP contribution in [0.2, 0.25) is 0 Å². The van der Waals surface area contributed by atoms with Crippen LogP contribution in [-0.2, 0) is 15.5 Å². The summed E-state index contributed by atoms with van der Waals surface area (Å²) in [6, 6.07) is -0.495. The van der Waals surface area contributed by atoms with Gasteiger partial charge in [-0.1, -0.05) is 0 Å². The number of halogens is 17. The summed E-state index contributed by atoms with van der Waals surface area (Å²) in [6.45, 7) is 1.01. The Bertz CT molecular complexity index is 1110. The van der Waals surface area contributed by atoms with Crippen molar-refractivity contribution in [1.82, 2.24) is 0 Å². The third-order valence-electron chi connectivity index (χ3n) is 4.53. The lowest BCUT2D eigenvalue weighted by Gasteiger charge is -2.42. The van der Waals surface area contributed by atoms with Crippen molar-refractivity contribution in [3.05, 3.63) is 23.8 Å². The van der Waals surface area contributed by atoms with Gasteiger partial charge in [0, 0.05) is 19.9 Å². The van der Waals surface area contributed by atoms with Gasteiger partial charge >= 0.3 is 59.6 Å². The van der Waals surface area contributed by atoms with Crippen molar-refractivity contribution in [3.8, 4) is 11.5 Å². The monoisotopic (exact) mass is 612 g/mol. The van der Waals surface area contributed by atoms with Crippen LogP contribution in [0.3, 0.4) is 0 Å². The van der Waals surface area contributed by atoms with E-state index >= 15 is 0 Å². The molecule has 0 aliphatic carbocycles. The first-order valence-corrected chi connectivity index (χ1v) is 9.18. The highest BCUT2D eigenvalue weighted by atomic mass is 19.4. The van der Waals surface area contributed by atoms with Gasteiger partial charge in [-0.15, -0.1) is 0 Å².